The Hall–Kier alpha value is -1.10. The summed E-state index contributed by atoms with van der Waals surface area (Å²) in [6.45, 7) is 5.31. The van der Waals surface area contributed by atoms with Crippen LogP contribution in [-0.2, 0) is 4.74 Å². The smallest absolute Gasteiger partial charge is 0.338 e. The molecule has 0 unspecified atom stereocenters. The van der Waals surface area contributed by atoms with Crippen LogP contribution in [0.1, 0.15) is 31.1 Å². The second-order valence-electron chi connectivity index (χ2n) is 4.08. The molecule has 0 aromatic carbocycles. The molecule has 0 atom stereocenters. The van der Waals surface area contributed by atoms with Gasteiger partial charge in [0.05, 0.1) is 10.2 Å². The number of pyridine rings is 1. The topological polar surface area (TPSA) is 59.2 Å². The van der Waals surface area contributed by atoms with Crippen molar-refractivity contribution in [2.24, 2.45) is 0 Å². The van der Waals surface area contributed by atoms with E-state index in [0.29, 0.717) is 4.60 Å². The highest BCUT2D eigenvalue weighted by atomic mass is 79.9. The lowest BCUT2D eigenvalue weighted by Crippen LogP contribution is -2.24. The fourth-order valence-corrected chi connectivity index (χ4v) is 1.41. The maximum Gasteiger partial charge on any atom is 0.338 e. The van der Waals surface area contributed by atoms with Crippen LogP contribution < -0.4 is 5.56 Å². The molecule has 0 radical (unpaired) electrons. The molecule has 0 fully saturated rings. The summed E-state index contributed by atoms with van der Waals surface area (Å²) in [7, 11) is 0. The van der Waals surface area contributed by atoms with E-state index in [1.54, 1.807) is 20.8 Å². The largest absolute Gasteiger partial charge is 0.456 e. The monoisotopic (exact) mass is 273 g/mol. The lowest BCUT2D eigenvalue weighted by Gasteiger charge is -2.19. The van der Waals surface area contributed by atoms with Crippen molar-refractivity contribution in [1.82, 2.24) is 4.98 Å². The fraction of sp³-hybridized carbons (Fsp3) is 0.400. The Kier molecular flexibility index (Phi) is 3.34. The van der Waals surface area contributed by atoms with Gasteiger partial charge in [0.15, 0.2) is 0 Å². The second-order valence-corrected chi connectivity index (χ2v) is 4.94. The Labute approximate surface area is 95.8 Å². The molecule has 0 amide bonds. The summed E-state index contributed by atoms with van der Waals surface area (Å²) in [4.78, 5) is 25.1. The molecule has 0 bridgehead atoms. The Morgan fingerprint density at radius 2 is 2.00 bits per heavy atom. The fourth-order valence-electron chi connectivity index (χ4n) is 0.964. The number of ether oxygens (including phenoxy) is 1. The van der Waals surface area contributed by atoms with Gasteiger partial charge in [-0.3, -0.25) is 4.79 Å². The van der Waals surface area contributed by atoms with Gasteiger partial charge in [-0.15, -0.1) is 0 Å². The van der Waals surface area contributed by atoms with Crippen molar-refractivity contribution in [3.63, 3.8) is 0 Å². The molecule has 0 spiro atoms. The van der Waals surface area contributed by atoms with Crippen LogP contribution in [0.15, 0.2) is 21.5 Å². The average molecular weight is 274 g/mol. The van der Waals surface area contributed by atoms with Crippen molar-refractivity contribution in [2.45, 2.75) is 26.4 Å². The second kappa shape index (κ2) is 4.18. The molecule has 1 N–H and O–H groups in total. The van der Waals surface area contributed by atoms with E-state index in [1.165, 1.54) is 12.1 Å². The lowest BCUT2D eigenvalue weighted by molar-refractivity contribution is 0.00691. The third-order valence-corrected chi connectivity index (χ3v) is 1.87. The number of hydrogen-bond donors (Lipinski definition) is 1. The van der Waals surface area contributed by atoms with Crippen LogP contribution in [0, 0.1) is 0 Å². The zero-order valence-electron chi connectivity index (χ0n) is 8.76. The van der Waals surface area contributed by atoms with Crippen LogP contribution in [0.4, 0.5) is 0 Å². The summed E-state index contributed by atoms with van der Waals surface area (Å²) in [5.41, 5.74) is -0.669. The van der Waals surface area contributed by atoms with E-state index in [0.717, 1.165) is 0 Å². The molecule has 0 aliphatic rings. The number of aromatic nitrogens is 1. The van der Waals surface area contributed by atoms with Crippen LogP contribution in [0.25, 0.3) is 0 Å². The van der Waals surface area contributed by atoms with E-state index in [1.807, 2.05) is 0 Å². The third-order valence-electron chi connectivity index (χ3n) is 1.45. The molecule has 0 saturated carbocycles. The number of carbonyl (C=O) groups excluding carboxylic acids is 1. The first kappa shape index (κ1) is 12.0. The first-order valence-electron chi connectivity index (χ1n) is 4.41. The summed E-state index contributed by atoms with van der Waals surface area (Å²) < 4.78 is 5.58. The highest BCUT2D eigenvalue weighted by molar-refractivity contribution is 9.10. The van der Waals surface area contributed by atoms with E-state index in [2.05, 4.69) is 20.9 Å². The van der Waals surface area contributed by atoms with Gasteiger partial charge in [0, 0.05) is 6.07 Å². The molecule has 1 heterocycles. The molecule has 1 aromatic heterocycles. The first-order valence-corrected chi connectivity index (χ1v) is 5.20. The number of aromatic amines is 1. The summed E-state index contributed by atoms with van der Waals surface area (Å²) in [6.07, 6.45) is 0. The predicted molar refractivity (Wildman–Crippen MR) is 59.9 cm³/mol. The van der Waals surface area contributed by atoms with Crippen LogP contribution >= 0.6 is 15.9 Å². The van der Waals surface area contributed by atoms with Gasteiger partial charge in [-0.2, -0.15) is 0 Å². The highest BCUT2D eigenvalue weighted by Crippen LogP contribution is 2.12. The standard InChI is InChI=1S/C10H12BrNO3/c1-10(2,3)15-9(14)6-4-7(11)12-8(13)5-6/h4-5H,1-3H3,(H,12,13). The van der Waals surface area contributed by atoms with E-state index < -0.39 is 11.6 Å². The van der Waals surface area contributed by atoms with Crippen LogP contribution in [0.5, 0.6) is 0 Å². The number of H-pyrrole nitrogens is 1. The van der Waals surface area contributed by atoms with Crippen molar-refractivity contribution in [3.8, 4) is 0 Å². The van der Waals surface area contributed by atoms with Gasteiger partial charge in [0.25, 0.3) is 0 Å². The van der Waals surface area contributed by atoms with Gasteiger partial charge in [0.2, 0.25) is 5.56 Å². The maximum atomic E-state index is 11.6. The van der Waals surface area contributed by atoms with Crippen LogP contribution in [0.2, 0.25) is 0 Å². The highest BCUT2D eigenvalue weighted by Gasteiger charge is 2.18. The van der Waals surface area contributed by atoms with Crippen LogP contribution in [0.3, 0.4) is 0 Å². The molecule has 0 aliphatic carbocycles. The molecule has 1 rings (SSSR count). The Balaban J connectivity index is 2.97. The van der Waals surface area contributed by atoms with E-state index in [9.17, 15) is 9.59 Å². The zero-order chi connectivity index (χ0) is 11.6. The Morgan fingerprint density at radius 1 is 1.40 bits per heavy atom. The minimum absolute atomic E-state index is 0.237. The lowest BCUT2D eigenvalue weighted by atomic mass is 10.2. The number of carbonyl (C=O) groups is 1. The molecule has 82 valence electrons. The van der Waals surface area contributed by atoms with Crippen molar-refractivity contribution >= 4 is 21.9 Å². The number of rotatable bonds is 1. The molecule has 0 aliphatic heterocycles. The Morgan fingerprint density at radius 3 is 2.47 bits per heavy atom. The van der Waals surface area contributed by atoms with Crippen molar-refractivity contribution in [3.05, 3.63) is 32.7 Å². The average Bonchev–Trinajstić information content (AvgIpc) is 1.98. The summed E-state index contributed by atoms with van der Waals surface area (Å²) >= 11 is 3.10. The minimum Gasteiger partial charge on any atom is -0.456 e. The first-order chi connectivity index (χ1) is 6.78. The summed E-state index contributed by atoms with van der Waals surface area (Å²) in [5, 5.41) is 0. The quantitative estimate of drug-likeness (QED) is 0.630. The molecular formula is C10H12BrNO3. The molecular weight excluding hydrogens is 262 g/mol. The number of esters is 1. The molecule has 1 aromatic rings. The summed E-state index contributed by atoms with van der Waals surface area (Å²) in [6, 6.07) is 2.72. The third kappa shape index (κ3) is 3.87. The number of halogens is 1. The van der Waals surface area contributed by atoms with Crippen molar-refractivity contribution in [2.75, 3.05) is 0 Å². The van der Waals surface area contributed by atoms with Gasteiger partial charge in [-0.25, -0.2) is 4.79 Å². The van der Waals surface area contributed by atoms with Gasteiger partial charge in [-0.1, -0.05) is 0 Å². The normalized spacial score (nSPS) is 11.2. The zero-order valence-corrected chi connectivity index (χ0v) is 10.3. The number of nitrogens with one attached hydrogen (secondary N) is 1. The number of hydrogen-bond acceptors (Lipinski definition) is 3. The van der Waals surface area contributed by atoms with Crippen molar-refractivity contribution < 1.29 is 9.53 Å². The Bertz CT molecular complexity index is 431. The van der Waals surface area contributed by atoms with E-state index in [4.69, 9.17) is 4.74 Å². The molecule has 0 saturated heterocycles. The molecule has 4 nitrogen and oxygen atoms in total. The summed E-state index contributed by atoms with van der Waals surface area (Å²) in [5.74, 6) is -0.505. The SMILES string of the molecule is CC(C)(C)OC(=O)c1cc(Br)[nH]c(=O)c1. The predicted octanol–water partition coefficient (Wildman–Crippen LogP) is 2.09. The minimum atomic E-state index is -0.563. The molecule has 5 heteroatoms. The van der Waals surface area contributed by atoms with Gasteiger partial charge >= 0.3 is 5.97 Å². The van der Waals surface area contributed by atoms with E-state index in [-0.39, 0.29) is 11.1 Å². The van der Waals surface area contributed by atoms with Gasteiger partial charge < -0.3 is 9.72 Å². The maximum absolute atomic E-state index is 11.6. The van der Waals surface area contributed by atoms with Crippen LogP contribution in [-0.4, -0.2) is 16.6 Å². The molecule has 15 heavy (non-hydrogen) atoms. The van der Waals surface area contributed by atoms with Crippen molar-refractivity contribution in [1.29, 1.82) is 0 Å². The van der Waals surface area contributed by atoms with Gasteiger partial charge in [-0.05, 0) is 42.8 Å². The van der Waals surface area contributed by atoms with E-state index >= 15 is 0 Å². The van der Waals surface area contributed by atoms with Gasteiger partial charge in [0.1, 0.15) is 5.60 Å².